The molecule has 0 unspecified atom stereocenters. The number of hydrogen-bond donors (Lipinski definition) is 3. The molecule has 10 heteroatoms. The number of carbonyl (C=O) groups excluding carboxylic acids is 2. The molecule has 0 aliphatic heterocycles. The molecule has 0 saturated heterocycles. The zero-order chi connectivity index (χ0) is 28.0. The highest BCUT2D eigenvalue weighted by Gasteiger charge is 2.31. The van der Waals surface area contributed by atoms with E-state index in [-0.39, 0.29) is 5.56 Å². The third-order valence-electron chi connectivity index (χ3n) is 6.03. The van der Waals surface area contributed by atoms with Gasteiger partial charge in [0, 0.05) is 30.5 Å². The van der Waals surface area contributed by atoms with E-state index in [2.05, 4.69) is 15.5 Å². The quantitative estimate of drug-likeness (QED) is 0.320. The van der Waals surface area contributed by atoms with E-state index in [1.165, 1.54) is 12.1 Å². The van der Waals surface area contributed by atoms with E-state index < -0.39 is 23.6 Å². The summed E-state index contributed by atoms with van der Waals surface area (Å²) in [6.07, 6.45) is -3.63. The fourth-order valence-electron chi connectivity index (χ4n) is 3.89. The van der Waals surface area contributed by atoms with Crippen LogP contribution in [0.1, 0.15) is 38.3 Å². The Hall–Kier alpha value is -4.05. The lowest BCUT2D eigenvalue weighted by atomic mass is 10.1. The van der Waals surface area contributed by atoms with Crippen LogP contribution in [0, 0.1) is 6.92 Å². The molecular weight excluding hydrogens is 495 g/mol. The smallest absolute Gasteiger partial charge is 0.396 e. The van der Waals surface area contributed by atoms with Gasteiger partial charge in [0.1, 0.15) is 0 Å². The number of nitrogens with one attached hydrogen (secondary N) is 2. The molecule has 2 amide bonds. The number of nitrogens with zero attached hydrogens (tertiary/aromatic N) is 2. The zero-order valence-corrected chi connectivity index (χ0v) is 21.8. The standard InChI is InChI=1S/C28H32F3N5O2/c1-18-12-13-21(33-26(37)19-8-5-9-20(16-19)28(29,30)31)17-23(18)34-27(38)22-10-6-11-24(25(22)32)36(4)15-7-14-35(2)3/h5-6,8-13,16-17H,7,14-15,32H2,1-4H3,(H,33,37)(H,34,38). The van der Waals surface area contributed by atoms with E-state index in [1.54, 1.807) is 37.3 Å². The molecule has 4 N–H and O–H groups in total. The van der Waals surface area contributed by atoms with E-state index in [1.807, 2.05) is 32.1 Å². The minimum Gasteiger partial charge on any atom is -0.396 e. The number of amides is 2. The Morgan fingerprint density at radius 1 is 0.895 bits per heavy atom. The summed E-state index contributed by atoms with van der Waals surface area (Å²) in [7, 11) is 5.93. The van der Waals surface area contributed by atoms with E-state index in [4.69, 9.17) is 5.73 Å². The number of nitrogens with two attached hydrogens (primary N) is 1. The van der Waals surface area contributed by atoms with Gasteiger partial charge in [-0.15, -0.1) is 0 Å². The SMILES string of the molecule is Cc1ccc(NC(=O)c2cccc(C(F)(F)F)c2)cc1NC(=O)c1cccc(N(C)CCCN(C)C)c1N. The van der Waals surface area contributed by atoms with E-state index >= 15 is 0 Å². The van der Waals surface area contributed by atoms with Gasteiger partial charge < -0.3 is 26.2 Å². The zero-order valence-electron chi connectivity index (χ0n) is 21.8. The molecule has 0 saturated carbocycles. The molecule has 7 nitrogen and oxygen atoms in total. The van der Waals surface area contributed by atoms with Crippen molar-refractivity contribution in [2.24, 2.45) is 0 Å². The summed E-state index contributed by atoms with van der Waals surface area (Å²) in [5.41, 5.74) is 8.19. The van der Waals surface area contributed by atoms with Gasteiger partial charge in [0.25, 0.3) is 11.8 Å². The number of hydrogen-bond acceptors (Lipinski definition) is 5. The molecular formula is C28H32F3N5O2. The average Bonchev–Trinajstić information content (AvgIpc) is 2.85. The van der Waals surface area contributed by atoms with Crippen LogP contribution >= 0.6 is 0 Å². The molecule has 0 aromatic heterocycles. The van der Waals surface area contributed by atoms with Crippen molar-refractivity contribution in [3.63, 3.8) is 0 Å². The Labute approximate surface area is 220 Å². The fraction of sp³-hybridized carbons (Fsp3) is 0.286. The van der Waals surface area contributed by atoms with Crippen LogP contribution in [0.25, 0.3) is 0 Å². The van der Waals surface area contributed by atoms with Gasteiger partial charge in [-0.1, -0.05) is 18.2 Å². The van der Waals surface area contributed by atoms with Crippen molar-refractivity contribution in [1.29, 1.82) is 0 Å². The van der Waals surface area contributed by atoms with Gasteiger partial charge in [0.2, 0.25) is 0 Å². The number of aryl methyl sites for hydroxylation is 1. The summed E-state index contributed by atoms with van der Waals surface area (Å²) in [4.78, 5) is 29.8. The normalized spacial score (nSPS) is 11.4. The van der Waals surface area contributed by atoms with Gasteiger partial charge in [0.05, 0.1) is 22.5 Å². The third-order valence-corrected chi connectivity index (χ3v) is 6.03. The lowest BCUT2D eigenvalue weighted by Crippen LogP contribution is -2.25. The summed E-state index contributed by atoms with van der Waals surface area (Å²) in [6.45, 7) is 3.47. The number of alkyl halides is 3. The Kier molecular flexibility index (Phi) is 9.00. The Bertz CT molecular complexity index is 1310. The molecule has 0 heterocycles. The first kappa shape index (κ1) is 28.5. The maximum atomic E-state index is 13.1. The lowest BCUT2D eigenvalue weighted by Gasteiger charge is -2.23. The second-order valence-electron chi connectivity index (χ2n) is 9.33. The van der Waals surface area contributed by atoms with Crippen LogP contribution in [0.5, 0.6) is 0 Å². The molecule has 0 radical (unpaired) electrons. The first-order valence-electron chi connectivity index (χ1n) is 12.0. The minimum absolute atomic E-state index is 0.134. The van der Waals surface area contributed by atoms with Gasteiger partial charge >= 0.3 is 6.18 Å². The van der Waals surface area contributed by atoms with Crippen molar-refractivity contribution in [3.8, 4) is 0 Å². The molecule has 3 aromatic carbocycles. The number of carbonyl (C=O) groups is 2. The number of anilines is 4. The molecule has 0 atom stereocenters. The maximum Gasteiger partial charge on any atom is 0.416 e. The molecule has 0 spiro atoms. The molecule has 0 aliphatic carbocycles. The number of rotatable bonds is 9. The first-order valence-corrected chi connectivity index (χ1v) is 12.0. The summed E-state index contributed by atoms with van der Waals surface area (Å²) in [5, 5.41) is 5.42. The topological polar surface area (TPSA) is 90.7 Å². The van der Waals surface area contributed by atoms with Crippen LogP contribution < -0.4 is 21.3 Å². The largest absolute Gasteiger partial charge is 0.416 e. The van der Waals surface area contributed by atoms with Gasteiger partial charge in [-0.25, -0.2) is 0 Å². The number of benzene rings is 3. The van der Waals surface area contributed by atoms with Crippen molar-refractivity contribution in [2.75, 3.05) is 55.5 Å². The van der Waals surface area contributed by atoms with Gasteiger partial charge in [-0.3, -0.25) is 9.59 Å². The molecule has 202 valence electrons. The number of para-hydroxylation sites is 1. The highest BCUT2D eigenvalue weighted by Crippen LogP contribution is 2.30. The van der Waals surface area contributed by atoms with Crippen LogP contribution in [0.3, 0.4) is 0 Å². The van der Waals surface area contributed by atoms with Gasteiger partial charge in [-0.2, -0.15) is 13.2 Å². The predicted octanol–water partition coefficient (Wildman–Crippen LogP) is 5.49. The van der Waals surface area contributed by atoms with Crippen molar-refractivity contribution < 1.29 is 22.8 Å². The first-order chi connectivity index (χ1) is 17.9. The summed E-state index contributed by atoms with van der Waals surface area (Å²) in [5.74, 6) is -1.12. The monoisotopic (exact) mass is 527 g/mol. The fourth-order valence-corrected chi connectivity index (χ4v) is 3.89. The number of halogens is 3. The van der Waals surface area contributed by atoms with Crippen molar-refractivity contribution in [2.45, 2.75) is 19.5 Å². The summed E-state index contributed by atoms with van der Waals surface area (Å²) >= 11 is 0. The summed E-state index contributed by atoms with van der Waals surface area (Å²) < 4.78 is 39.0. The van der Waals surface area contributed by atoms with Crippen LogP contribution in [0.15, 0.2) is 60.7 Å². The van der Waals surface area contributed by atoms with Crippen LogP contribution in [0.2, 0.25) is 0 Å². The van der Waals surface area contributed by atoms with Crippen LogP contribution in [-0.4, -0.2) is 50.9 Å². The second-order valence-corrected chi connectivity index (χ2v) is 9.33. The molecule has 0 fully saturated rings. The predicted molar refractivity (Wildman–Crippen MR) is 146 cm³/mol. The van der Waals surface area contributed by atoms with Crippen molar-refractivity contribution >= 4 is 34.6 Å². The molecule has 0 aliphatic rings. The van der Waals surface area contributed by atoms with Gasteiger partial charge in [0.15, 0.2) is 0 Å². The third kappa shape index (κ3) is 7.25. The van der Waals surface area contributed by atoms with Crippen LogP contribution in [-0.2, 0) is 6.18 Å². The Morgan fingerprint density at radius 3 is 2.29 bits per heavy atom. The Balaban J connectivity index is 1.75. The maximum absolute atomic E-state index is 13.1. The van der Waals surface area contributed by atoms with Crippen LogP contribution in [0.4, 0.5) is 35.9 Å². The van der Waals surface area contributed by atoms with Crippen molar-refractivity contribution in [3.05, 3.63) is 82.9 Å². The second kappa shape index (κ2) is 12.0. The number of nitrogen functional groups attached to an aromatic ring is 1. The molecule has 38 heavy (non-hydrogen) atoms. The minimum atomic E-state index is -4.56. The Morgan fingerprint density at radius 2 is 1.61 bits per heavy atom. The van der Waals surface area contributed by atoms with E-state index in [0.717, 1.165) is 42.9 Å². The van der Waals surface area contributed by atoms with Gasteiger partial charge in [-0.05, 0) is 82.0 Å². The molecule has 0 bridgehead atoms. The van der Waals surface area contributed by atoms with Crippen molar-refractivity contribution in [1.82, 2.24) is 4.90 Å². The highest BCUT2D eigenvalue weighted by molar-refractivity contribution is 6.10. The molecule has 3 rings (SSSR count). The van der Waals surface area contributed by atoms with E-state index in [0.29, 0.717) is 22.6 Å². The highest BCUT2D eigenvalue weighted by atomic mass is 19.4. The summed E-state index contributed by atoms with van der Waals surface area (Å²) in [6, 6.07) is 14.3. The molecule has 3 aromatic rings. The average molecular weight is 528 g/mol. The van der Waals surface area contributed by atoms with E-state index in [9.17, 15) is 22.8 Å². The lowest BCUT2D eigenvalue weighted by molar-refractivity contribution is -0.137.